The molecule has 20 heteroatoms. The Morgan fingerprint density at radius 3 is 2.49 bits per heavy atom. The number of carboxylic acids is 2. The molecule has 7 heterocycles. The number of nitrogens with zero attached hydrogens (tertiary/aromatic N) is 5. The smallest absolute Gasteiger partial charge is 0.349 e. The number of hydrogen-bond donors (Lipinski definition) is 4. The molecular formula is C50H48ClN7O10S2. The minimum absolute atomic E-state index is 0.00557. The van der Waals surface area contributed by atoms with Crippen LogP contribution in [0, 0.1) is 0 Å². The number of amides is 3. The Hall–Kier alpha value is -6.67. The minimum Gasteiger partial charge on any atom is -0.479 e. The number of aromatic carboxylic acids is 1. The average molecular weight is 1010 g/mol. The highest BCUT2D eigenvalue weighted by Crippen LogP contribution is 2.47. The van der Waals surface area contributed by atoms with Crippen molar-refractivity contribution in [3.63, 3.8) is 0 Å². The molecule has 2 unspecified atom stereocenters. The van der Waals surface area contributed by atoms with Crippen LogP contribution < -0.4 is 25.2 Å². The molecule has 3 fully saturated rings. The molecule has 10 rings (SSSR count). The summed E-state index contributed by atoms with van der Waals surface area (Å²) in [6.45, 7) is 4.82. The number of nitrogens with one attached hydrogen (secondary N) is 2. The van der Waals surface area contributed by atoms with Crippen molar-refractivity contribution in [2.24, 2.45) is 0 Å². The predicted molar refractivity (Wildman–Crippen MR) is 266 cm³/mol. The third-order valence-electron chi connectivity index (χ3n) is 13.8. The van der Waals surface area contributed by atoms with Crippen LogP contribution in [0.5, 0.6) is 5.75 Å². The summed E-state index contributed by atoms with van der Waals surface area (Å²) in [6, 6.07) is 21.6. The fourth-order valence-electron chi connectivity index (χ4n) is 10.6. The number of aliphatic carboxylic acids is 1. The molecule has 2 atom stereocenters. The van der Waals surface area contributed by atoms with Crippen LogP contribution in [-0.4, -0.2) is 106 Å². The predicted octanol–water partition coefficient (Wildman–Crippen LogP) is 7.66. The van der Waals surface area contributed by atoms with Crippen molar-refractivity contribution >= 4 is 101 Å². The number of benzene rings is 3. The van der Waals surface area contributed by atoms with Crippen molar-refractivity contribution in [3.05, 3.63) is 106 Å². The van der Waals surface area contributed by atoms with E-state index in [2.05, 4.69) is 21.6 Å². The molecule has 362 valence electrons. The molecule has 0 bridgehead atoms. The lowest BCUT2D eigenvalue weighted by Gasteiger charge is -2.44. The molecule has 3 aromatic heterocycles. The number of rotatable bonds is 13. The van der Waals surface area contributed by atoms with E-state index >= 15 is 0 Å². The maximum atomic E-state index is 14.2. The Labute approximate surface area is 411 Å². The van der Waals surface area contributed by atoms with Crippen molar-refractivity contribution in [1.29, 1.82) is 0 Å². The molecule has 0 aliphatic carbocycles. The van der Waals surface area contributed by atoms with Gasteiger partial charge in [-0.05, 0) is 111 Å². The molecule has 3 aromatic carbocycles. The van der Waals surface area contributed by atoms with Gasteiger partial charge in [-0.25, -0.2) is 23.0 Å². The zero-order valence-electron chi connectivity index (χ0n) is 38.1. The van der Waals surface area contributed by atoms with Crippen molar-refractivity contribution < 1.29 is 47.3 Å². The number of thiophene rings is 1. The van der Waals surface area contributed by atoms with E-state index in [4.69, 9.17) is 31.4 Å². The van der Waals surface area contributed by atoms with Gasteiger partial charge in [-0.3, -0.25) is 29.6 Å². The fraction of sp³-hybridized carbons (Fsp3) is 0.340. The molecule has 3 amide bonds. The van der Waals surface area contributed by atoms with Crippen LogP contribution in [0.2, 0.25) is 5.02 Å². The third-order valence-corrected chi connectivity index (χ3v) is 17.5. The van der Waals surface area contributed by atoms with Gasteiger partial charge >= 0.3 is 11.9 Å². The summed E-state index contributed by atoms with van der Waals surface area (Å²) < 4.78 is 35.2. The second-order valence-electron chi connectivity index (χ2n) is 18.8. The first kappa shape index (κ1) is 47.0. The summed E-state index contributed by atoms with van der Waals surface area (Å²) in [5.74, 6) is -3.84. The van der Waals surface area contributed by atoms with E-state index in [1.807, 2.05) is 56.4 Å². The first-order chi connectivity index (χ1) is 33.5. The van der Waals surface area contributed by atoms with Gasteiger partial charge < -0.3 is 25.2 Å². The van der Waals surface area contributed by atoms with Crippen molar-refractivity contribution in [2.75, 3.05) is 41.4 Å². The number of anilines is 3. The number of halogens is 1. The number of carbonyl (C=O) groups excluding carboxylic acids is 3. The van der Waals surface area contributed by atoms with Crippen LogP contribution in [0.15, 0.2) is 79.0 Å². The van der Waals surface area contributed by atoms with E-state index in [1.54, 1.807) is 39.5 Å². The van der Waals surface area contributed by atoms with E-state index in [-0.39, 0.29) is 64.6 Å². The first-order valence-electron chi connectivity index (χ1n) is 23.0. The molecule has 4 aliphatic rings. The fourth-order valence-corrected chi connectivity index (χ4v) is 13.9. The Kier molecular flexibility index (Phi) is 12.3. The number of carbonyl (C=O) groups is 5. The van der Waals surface area contributed by atoms with Gasteiger partial charge in [0.15, 0.2) is 17.2 Å². The number of hydrogen-bond acceptors (Lipinski definition) is 13. The summed E-state index contributed by atoms with van der Waals surface area (Å²) in [5, 5.41) is 26.6. The number of pyridine rings is 2. The summed E-state index contributed by atoms with van der Waals surface area (Å²) in [4.78, 5) is 75.0. The summed E-state index contributed by atoms with van der Waals surface area (Å²) >= 11 is 7.43. The highest BCUT2D eigenvalue weighted by atomic mass is 35.5. The van der Waals surface area contributed by atoms with Gasteiger partial charge in [0.2, 0.25) is 21.8 Å². The first-order valence-corrected chi connectivity index (χ1v) is 25.8. The highest BCUT2D eigenvalue weighted by Gasteiger charge is 2.43. The molecule has 3 saturated heterocycles. The lowest BCUT2D eigenvalue weighted by molar-refractivity contribution is -0.139. The number of ether oxygens (including phenoxy) is 1. The lowest BCUT2D eigenvalue weighted by Crippen LogP contribution is -2.55. The zero-order valence-corrected chi connectivity index (χ0v) is 40.5. The summed E-state index contributed by atoms with van der Waals surface area (Å²) in [7, 11) is -3.82. The van der Waals surface area contributed by atoms with E-state index < -0.39 is 46.1 Å². The van der Waals surface area contributed by atoms with Gasteiger partial charge in [-0.2, -0.15) is 4.31 Å². The van der Waals surface area contributed by atoms with Gasteiger partial charge in [-0.1, -0.05) is 41.9 Å². The number of sulfonamides is 1. The molecule has 17 nitrogen and oxygen atoms in total. The largest absolute Gasteiger partial charge is 0.479 e. The Morgan fingerprint density at radius 2 is 1.74 bits per heavy atom. The standard InChI is InChI=1S/C50H48ClN7O10S2/c1-50(2)23-30(53-29-6-3-5-28(21-29)45-43(51)44(68-25-41(60)61)46(69-45)49(64)65)17-20-57(50)70(66,67)26-31-9-11-36-37(54-31)22-32(24-52-36)56-18-15-27(16-19-56)33-10-12-38-42-34(33)7-4-8-35(42)48(63)58(38)39-13-14-40(59)55-47(39)62/h3-12,21-22,24,27,30,39,53H,13-20,23,25-26H2,1-2H3,(H,60,61)(H,64,65)(H,55,59,62). The maximum Gasteiger partial charge on any atom is 0.349 e. The Bertz CT molecular complexity index is 3280. The number of imide groups is 1. The SMILES string of the molecule is CC1(C)CC(Nc2cccc(-c3sc(C(=O)O)c(OCC(=O)O)c3Cl)c2)CCN1S(=O)(=O)Cc1ccc2ncc(N3CCC(c4ccc5c6c(cccc46)C(=O)N5C4CCC(=O)NC4=O)CC3)cc2n1. The highest BCUT2D eigenvalue weighted by molar-refractivity contribution is 7.88. The molecule has 0 saturated carbocycles. The Balaban J connectivity index is 0.788. The van der Waals surface area contributed by atoms with E-state index in [0.29, 0.717) is 51.3 Å². The second-order valence-corrected chi connectivity index (χ2v) is 22.1. The van der Waals surface area contributed by atoms with Gasteiger partial charge in [0, 0.05) is 54.3 Å². The quantitative estimate of drug-likeness (QED) is 0.0815. The van der Waals surface area contributed by atoms with Crippen LogP contribution in [0.25, 0.3) is 32.2 Å². The van der Waals surface area contributed by atoms with Crippen LogP contribution in [-0.2, 0) is 30.2 Å². The van der Waals surface area contributed by atoms with Gasteiger partial charge in [-0.15, -0.1) is 11.3 Å². The monoisotopic (exact) mass is 1010 g/mol. The van der Waals surface area contributed by atoms with Crippen LogP contribution in [0.1, 0.15) is 89.6 Å². The normalized spacial score (nSPS) is 19.7. The van der Waals surface area contributed by atoms with Gasteiger partial charge in [0.25, 0.3) is 5.91 Å². The van der Waals surface area contributed by atoms with E-state index in [1.165, 1.54) is 0 Å². The van der Waals surface area contributed by atoms with Crippen molar-refractivity contribution in [3.8, 4) is 16.2 Å². The average Bonchev–Trinajstić information content (AvgIpc) is 3.81. The number of aromatic nitrogens is 2. The van der Waals surface area contributed by atoms with Crippen molar-refractivity contribution in [2.45, 2.75) is 81.7 Å². The molecule has 0 radical (unpaired) electrons. The number of piperidine rings is 3. The van der Waals surface area contributed by atoms with E-state index in [0.717, 1.165) is 65.0 Å². The van der Waals surface area contributed by atoms with Crippen LogP contribution in [0.3, 0.4) is 0 Å². The zero-order chi connectivity index (χ0) is 49.2. The molecular weight excluding hydrogens is 958 g/mol. The molecule has 4 N–H and O–H groups in total. The molecule has 0 spiro atoms. The third kappa shape index (κ3) is 8.79. The second kappa shape index (κ2) is 18.3. The lowest BCUT2D eigenvalue weighted by atomic mass is 9.85. The topological polar surface area (TPSA) is 229 Å². The minimum atomic E-state index is -3.82. The summed E-state index contributed by atoms with van der Waals surface area (Å²) in [5.41, 5.74) is 5.54. The molecule has 6 aromatic rings. The number of carboxylic acid groups (broad SMARTS) is 2. The van der Waals surface area contributed by atoms with Gasteiger partial charge in [0.1, 0.15) is 16.8 Å². The molecule has 70 heavy (non-hydrogen) atoms. The summed E-state index contributed by atoms with van der Waals surface area (Å²) in [6.07, 6.45) is 4.98. The maximum absolute atomic E-state index is 14.2. The van der Waals surface area contributed by atoms with Crippen LogP contribution >= 0.6 is 22.9 Å². The number of fused-ring (bicyclic) bond motifs is 1. The Morgan fingerprint density at radius 1 is 0.957 bits per heavy atom. The van der Waals surface area contributed by atoms with E-state index in [9.17, 15) is 37.5 Å². The molecule has 4 aliphatic heterocycles. The van der Waals surface area contributed by atoms with Crippen LogP contribution in [0.4, 0.5) is 17.1 Å². The van der Waals surface area contributed by atoms with Gasteiger partial charge in [0.05, 0.1) is 39.2 Å². The van der Waals surface area contributed by atoms with Crippen molar-refractivity contribution in [1.82, 2.24) is 19.6 Å².